The lowest BCUT2D eigenvalue weighted by Gasteiger charge is -2.16. The van der Waals surface area contributed by atoms with Gasteiger partial charge in [0.05, 0.1) is 5.56 Å². The predicted molar refractivity (Wildman–Crippen MR) is 112 cm³/mol. The van der Waals surface area contributed by atoms with Crippen LogP contribution in [0.4, 0.5) is 0 Å². The van der Waals surface area contributed by atoms with Crippen LogP contribution in [-0.4, -0.2) is 41.9 Å². The average molecular weight is 420 g/mol. The molecule has 1 aliphatic heterocycles. The number of benzene rings is 2. The molecule has 2 heterocycles. The summed E-state index contributed by atoms with van der Waals surface area (Å²) in [5.74, 6) is 1.03. The van der Waals surface area contributed by atoms with Gasteiger partial charge in [0.2, 0.25) is 5.88 Å². The maximum absolute atomic E-state index is 5.93. The highest BCUT2D eigenvalue weighted by atomic mass is 16.7. The topological polar surface area (TPSA) is 96.7 Å². The molecule has 9 heteroatoms. The van der Waals surface area contributed by atoms with E-state index in [0.29, 0.717) is 42.7 Å². The summed E-state index contributed by atoms with van der Waals surface area (Å²) in [6.07, 6.45) is 1.57. The molecule has 0 aliphatic carbocycles. The van der Waals surface area contributed by atoms with E-state index in [1.807, 2.05) is 42.5 Å². The molecular formula is C22H20N4O5. The maximum atomic E-state index is 5.93. The quantitative estimate of drug-likeness (QED) is 0.406. The Balaban J connectivity index is 1.55. The first-order valence-corrected chi connectivity index (χ1v) is 9.55. The van der Waals surface area contributed by atoms with Gasteiger partial charge >= 0.3 is 6.01 Å². The number of rotatable bonds is 8. The molecule has 0 fully saturated rings. The third-order valence-electron chi connectivity index (χ3n) is 4.13. The Bertz CT molecular complexity index is 1070. The van der Waals surface area contributed by atoms with Crippen molar-refractivity contribution in [2.45, 2.75) is 6.61 Å². The fraction of sp³-hybridized carbons (Fsp3) is 0.182. The highest BCUT2D eigenvalue weighted by Gasteiger charge is 2.22. The van der Waals surface area contributed by atoms with Gasteiger partial charge in [0.15, 0.2) is 12.3 Å². The first-order chi connectivity index (χ1) is 15.3. The van der Waals surface area contributed by atoms with Crippen molar-refractivity contribution in [3.05, 3.63) is 78.0 Å². The minimum atomic E-state index is 0.123. The van der Waals surface area contributed by atoms with Gasteiger partial charge in [0, 0.05) is 12.3 Å². The Morgan fingerprint density at radius 2 is 1.87 bits per heavy atom. The van der Waals surface area contributed by atoms with E-state index in [2.05, 4.69) is 20.3 Å². The number of hydrogen-bond donors (Lipinski definition) is 0. The lowest BCUT2D eigenvalue weighted by atomic mass is 10.1. The third-order valence-corrected chi connectivity index (χ3v) is 4.13. The molecule has 0 bridgehead atoms. The number of aromatic nitrogens is 2. The van der Waals surface area contributed by atoms with Crippen LogP contribution in [0.5, 0.6) is 17.6 Å². The van der Waals surface area contributed by atoms with Crippen LogP contribution in [0.15, 0.2) is 77.2 Å². The van der Waals surface area contributed by atoms with Crippen molar-refractivity contribution < 1.29 is 23.9 Å². The summed E-state index contributed by atoms with van der Waals surface area (Å²) in [6.45, 7) is 1.11. The molecule has 0 N–H and O–H groups in total. The molecule has 1 aromatic heterocycles. The average Bonchev–Trinajstić information content (AvgIpc) is 2.83. The minimum absolute atomic E-state index is 0.123. The van der Waals surface area contributed by atoms with Crippen molar-refractivity contribution >= 4 is 11.6 Å². The molecule has 9 nitrogen and oxygen atoms in total. The molecule has 3 aromatic rings. The molecule has 0 unspecified atom stereocenters. The number of nitrogens with zero attached hydrogens (tertiary/aromatic N) is 4. The largest absolute Gasteiger partial charge is 0.473 e. The molecular weight excluding hydrogens is 400 g/mol. The van der Waals surface area contributed by atoms with Gasteiger partial charge in [-0.05, 0) is 22.9 Å². The van der Waals surface area contributed by atoms with E-state index in [1.54, 1.807) is 24.4 Å². The standard InChI is InChI=1S/C22H20N4O5/c1-27-25-20(21-26-30-14-13-28-21)17-9-5-6-10-18(17)31-22-23-12-11-19(24-22)29-15-16-7-3-2-4-8-16/h2-12H,13-15H2,1H3/b25-20-. The summed E-state index contributed by atoms with van der Waals surface area (Å²) in [5, 5.41) is 7.95. The lowest BCUT2D eigenvalue weighted by molar-refractivity contribution is 0.0672. The van der Waals surface area contributed by atoms with E-state index in [4.69, 9.17) is 23.9 Å². The summed E-state index contributed by atoms with van der Waals surface area (Å²) < 4.78 is 17.2. The Hall–Kier alpha value is -4.14. The fourth-order valence-electron chi connectivity index (χ4n) is 2.75. The Morgan fingerprint density at radius 3 is 2.68 bits per heavy atom. The van der Waals surface area contributed by atoms with Crippen LogP contribution in [-0.2, 0) is 21.0 Å². The first kappa shape index (κ1) is 20.1. The molecule has 158 valence electrons. The second-order valence-corrected chi connectivity index (χ2v) is 6.25. The summed E-state index contributed by atoms with van der Waals surface area (Å²) in [7, 11) is 1.43. The van der Waals surface area contributed by atoms with E-state index in [0.717, 1.165) is 5.56 Å². The molecule has 0 atom stereocenters. The zero-order valence-corrected chi connectivity index (χ0v) is 16.8. The molecule has 0 radical (unpaired) electrons. The Kier molecular flexibility index (Phi) is 6.54. The van der Waals surface area contributed by atoms with Gasteiger partial charge in [0.1, 0.15) is 26.1 Å². The van der Waals surface area contributed by atoms with Gasteiger partial charge in [-0.15, -0.1) is 0 Å². The smallest absolute Gasteiger partial charge is 0.325 e. The van der Waals surface area contributed by atoms with Crippen LogP contribution >= 0.6 is 0 Å². The van der Waals surface area contributed by atoms with Gasteiger partial charge < -0.3 is 23.9 Å². The van der Waals surface area contributed by atoms with Crippen molar-refractivity contribution in [3.8, 4) is 17.6 Å². The van der Waals surface area contributed by atoms with E-state index in [-0.39, 0.29) is 11.9 Å². The van der Waals surface area contributed by atoms with E-state index < -0.39 is 0 Å². The second-order valence-electron chi connectivity index (χ2n) is 6.25. The molecule has 2 aromatic carbocycles. The minimum Gasteiger partial charge on any atom is -0.473 e. The fourth-order valence-corrected chi connectivity index (χ4v) is 2.75. The van der Waals surface area contributed by atoms with Crippen LogP contribution in [0.25, 0.3) is 0 Å². The molecule has 31 heavy (non-hydrogen) atoms. The van der Waals surface area contributed by atoms with Crippen LogP contribution in [0.1, 0.15) is 11.1 Å². The zero-order chi connectivity index (χ0) is 21.3. The molecule has 0 spiro atoms. The predicted octanol–water partition coefficient (Wildman–Crippen LogP) is 3.56. The lowest BCUT2D eigenvalue weighted by Crippen LogP contribution is -2.25. The molecule has 0 saturated heterocycles. The zero-order valence-electron chi connectivity index (χ0n) is 16.8. The number of hydrogen-bond acceptors (Lipinski definition) is 9. The highest BCUT2D eigenvalue weighted by molar-refractivity contribution is 6.45. The Labute approximate surface area is 178 Å². The summed E-state index contributed by atoms with van der Waals surface area (Å²) >= 11 is 0. The Morgan fingerprint density at radius 1 is 1.03 bits per heavy atom. The molecule has 4 rings (SSSR count). The maximum Gasteiger partial charge on any atom is 0.325 e. The van der Waals surface area contributed by atoms with Crippen LogP contribution < -0.4 is 9.47 Å². The molecule has 1 aliphatic rings. The van der Waals surface area contributed by atoms with Gasteiger partial charge in [0.25, 0.3) is 5.90 Å². The van der Waals surface area contributed by atoms with Crippen molar-refractivity contribution in [2.24, 2.45) is 10.3 Å². The van der Waals surface area contributed by atoms with Crippen molar-refractivity contribution in [1.82, 2.24) is 9.97 Å². The van der Waals surface area contributed by atoms with Gasteiger partial charge in [-0.25, -0.2) is 4.98 Å². The SMILES string of the molecule is CO/N=C(\C1=NOCCO1)c1ccccc1Oc1nccc(OCc2ccccc2)n1. The van der Waals surface area contributed by atoms with E-state index in [1.165, 1.54) is 7.11 Å². The third kappa shape index (κ3) is 5.27. The number of ether oxygens (including phenoxy) is 3. The van der Waals surface area contributed by atoms with Gasteiger partial charge in [-0.3, -0.25) is 0 Å². The van der Waals surface area contributed by atoms with Crippen LogP contribution in [0.2, 0.25) is 0 Å². The number of oxime groups is 2. The van der Waals surface area contributed by atoms with Crippen molar-refractivity contribution in [2.75, 3.05) is 20.3 Å². The van der Waals surface area contributed by atoms with Crippen molar-refractivity contribution in [1.29, 1.82) is 0 Å². The highest BCUT2D eigenvalue weighted by Crippen LogP contribution is 2.26. The number of para-hydroxylation sites is 1. The molecule has 0 amide bonds. The van der Waals surface area contributed by atoms with Crippen LogP contribution in [0.3, 0.4) is 0 Å². The van der Waals surface area contributed by atoms with E-state index in [9.17, 15) is 0 Å². The summed E-state index contributed by atoms with van der Waals surface area (Å²) in [6, 6.07) is 18.8. The van der Waals surface area contributed by atoms with Crippen molar-refractivity contribution in [3.63, 3.8) is 0 Å². The monoisotopic (exact) mass is 420 g/mol. The summed E-state index contributed by atoms with van der Waals surface area (Å²) in [5.41, 5.74) is 1.94. The molecule has 0 saturated carbocycles. The first-order valence-electron chi connectivity index (χ1n) is 9.55. The van der Waals surface area contributed by atoms with Gasteiger partial charge in [-0.2, -0.15) is 4.98 Å². The second kappa shape index (κ2) is 10.1. The summed E-state index contributed by atoms with van der Waals surface area (Å²) in [4.78, 5) is 18.6. The normalized spacial score (nSPS) is 13.5. The van der Waals surface area contributed by atoms with Crippen LogP contribution in [0, 0.1) is 0 Å². The van der Waals surface area contributed by atoms with E-state index >= 15 is 0 Å². The van der Waals surface area contributed by atoms with Gasteiger partial charge in [-0.1, -0.05) is 47.6 Å².